The van der Waals surface area contributed by atoms with E-state index < -0.39 is 6.09 Å². The topological polar surface area (TPSA) is 162 Å². The number of piperazine rings is 1. The van der Waals surface area contributed by atoms with E-state index in [1.165, 1.54) is 4.90 Å². The maximum absolute atomic E-state index is 13.0. The van der Waals surface area contributed by atoms with E-state index in [4.69, 9.17) is 19.8 Å². The second-order valence-corrected chi connectivity index (χ2v) is 11.4. The number of carboxylic acid groups (broad SMARTS) is 1. The molecule has 2 fully saturated rings. The second-order valence-electron chi connectivity index (χ2n) is 11.4. The molecule has 3 aromatic carbocycles. The Balaban J connectivity index is 1.05. The number of fused-ring (bicyclic) bond motifs is 1. The third kappa shape index (κ3) is 6.49. The van der Waals surface area contributed by atoms with E-state index >= 15 is 0 Å². The molecule has 5 aromatic rings. The number of carbonyl (C=O) groups excluding carboxylic acids is 1. The van der Waals surface area contributed by atoms with E-state index in [-0.39, 0.29) is 11.7 Å². The molecule has 4 heterocycles. The maximum Gasteiger partial charge on any atom is 0.407 e. The Kier molecular flexibility index (Phi) is 8.23. The smallest absolute Gasteiger partial charge is 0.407 e. The Morgan fingerprint density at radius 1 is 0.851 bits per heavy atom. The normalized spacial score (nSPS) is 15.2. The summed E-state index contributed by atoms with van der Waals surface area (Å²) in [6.45, 7) is 5.03. The second kappa shape index (κ2) is 12.9. The maximum atomic E-state index is 13.0. The minimum atomic E-state index is -0.893. The molecule has 14 nitrogen and oxygen atoms in total. The van der Waals surface area contributed by atoms with Gasteiger partial charge in [-0.15, -0.1) is 5.10 Å². The number of benzene rings is 3. The molecule has 2 aromatic heterocycles. The van der Waals surface area contributed by atoms with E-state index in [9.17, 15) is 14.7 Å². The Morgan fingerprint density at radius 2 is 1.60 bits per heavy atom. The number of amides is 2. The number of nitrogens with zero attached hydrogens (tertiary/aromatic N) is 8. The van der Waals surface area contributed by atoms with Crippen molar-refractivity contribution < 1.29 is 24.5 Å². The fourth-order valence-electron chi connectivity index (χ4n) is 5.77. The number of hydrogen-bond donors (Lipinski definition) is 3. The monoisotopic (exact) mass is 635 g/mol. The molecule has 240 valence electrons. The van der Waals surface area contributed by atoms with Crippen molar-refractivity contribution in [1.29, 1.82) is 0 Å². The van der Waals surface area contributed by atoms with Crippen molar-refractivity contribution in [2.75, 3.05) is 67.6 Å². The van der Waals surface area contributed by atoms with Gasteiger partial charge in [0.15, 0.2) is 22.8 Å². The van der Waals surface area contributed by atoms with Gasteiger partial charge in [-0.05, 0) is 54.1 Å². The lowest BCUT2D eigenvalue weighted by Crippen LogP contribution is -2.48. The van der Waals surface area contributed by atoms with Crippen LogP contribution in [0.1, 0.15) is 15.9 Å². The summed E-state index contributed by atoms with van der Waals surface area (Å²) >= 11 is 0. The molecule has 2 aliphatic heterocycles. The van der Waals surface area contributed by atoms with Crippen molar-refractivity contribution in [3.63, 3.8) is 0 Å². The summed E-state index contributed by atoms with van der Waals surface area (Å²) in [5, 5.41) is 31.0. The van der Waals surface area contributed by atoms with E-state index in [2.05, 4.69) is 25.4 Å². The number of ether oxygens (including phenoxy) is 1. The Morgan fingerprint density at radius 3 is 2.30 bits per heavy atom. The Hall–Kier alpha value is -5.76. The molecule has 0 spiro atoms. The van der Waals surface area contributed by atoms with Crippen LogP contribution in [0.15, 0.2) is 72.8 Å². The molecule has 2 saturated heterocycles. The summed E-state index contributed by atoms with van der Waals surface area (Å²) in [7, 11) is 0. The molecular formula is C33H33N9O5. The van der Waals surface area contributed by atoms with Crippen molar-refractivity contribution >= 4 is 40.4 Å². The van der Waals surface area contributed by atoms with E-state index in [0.29, 0.717) is 98.6 Å². The van der Waals surface area contributed by atoms with Crippen LogP contribution < -0.4 is 15.1 Å². The molecule has 2 aliphatic rings. The molecule has 0 saturated carbocycles. The van der Waals surface area contributed by atoms with Crippen molar-refractivity contribution in [3.05, 3.63) is 83.9 Å². The fraction of sp³-hybridized carbons (Fsp3) is 0.273. The highest BCUT2D eigenvalue weighted by atomic mass is 16.5. The predicted molar refractivity (Wildman–Crippen MR) is 175 cm³/mol. The van der Waals surface area contributed by atoms with Gasteiger partial charge in [0, 0.05) is 61.8 Å². The molecule has 0 unspecified atom stereocenters. The number of aromatic nitrogens is 5. The number of hydrogen-bond acceptors (Lipinski definition) is 10. The predicted octanol–water partition coefficient (Wildman–Crippen LogP) is 3.53. The standard InChI is InChI=1S/C33H33N9O5/c43-27-3-1-2-24(20-27)29-35-30(40-16-18-47-19-17-40)28-31(36-29)42(38-37-28)21-22-4-6-23(7-5-22)32(44)34-25-8-10-26(11-9-25)39-12-14-41(15-13-39)33(45)46/h1-11,20,43H,12-19,21H2,(H,34,44)(H,45,46). The average molecular weight is 636 g/mol. The first-order valence-electron chi connectivity index (χ1n) is 15.4. The van der Waals surface area contributed by atoms with Gasteiger partial charge in [-0.3, -0.25) is 4.79 Å². The van der Waals surface area contributed by atoms with Crippen LogP contribution in [-0.4, -0.2) is 105 Å². The summed E-state index contributed by atoms with van der Waals surface area (Å²) in [6.07, 6.45) is -0.893. The van der Waals surface area contributed by atoms with Crippen molar-refractivity contribution in [3.8, 4) is 17.1 Å². The molecule has 14 heteroatoms. The third-order valence-electron chi connectivity index (χ3n) is 8.35. The minimum Gasteiger partial charge on any atom is -0.508 e. The lowest BCUT2D eigenvalue weighted by molar-refractivity contribution is 0.102. The van der Waals surface area contributed by atoms with Crippen molar-refractivity contribution in [2.24, 2.45) is 0 Å². The number of carbonyl (C=O) groups is 2. The van der Waals surface area contributed by atoms with Gasteiger partial charge in [0.2, 0.25) is 0 Å². The zero-order chi connectivity index (χ0) is 32.3. The highest BCUT2D eigenvalue weighted by Gasteiger charge is 2.23. The minimum absolute atomic E-state index is 0.125. The van der Waals surface area contributed by atoms with E-state index in [1.807, 2.05) is 42.5 Å². The van der Waals surface area contributed by atoms with Crippen LogP contribution in [0.25, 0.3) is 22.6 Å². The number of phenolic OH excluding ortho intramolecular Hbond substituents is 1. The van der Waals surface area contributed by atoms with Crippen LogP contribution in [0.2, 0.25) is 0 Å². The lowest BCUT2D eigenvalue weighted by Gasteiger charge is -2.34. The third-order valence-corrected chi connectivity index (χ3v) is 8.35. The van der Waals surface area contributed by atoms with Gasteiger partial charge >= 0.3 is 6.09 Å². The van der Waals surface area contributed by atoms with Gasteiger partial charge in [0.05, 0.1) is 19.8 Å². The summed E-state index contributed by atoms with van der Waals surface area (Å²) in [5.41, 5.74) is 4.89. The first-order chi connectivity index (χ1) is 22.9. The van der Waals surface area contributed by atoms with Crippen LogP contribution >= 0.6 is 0 Å². The van der Waals surface area contributed by atoms with Crippen LogP contribution in [0, 0.1) is 0 Å². The van der Waals surface area contributed by atoms with Crippen molar-refractivity contribution in [2.45, 2.75) is 6.54 Å². The molecule has 7 rings (SSSR count). The van der Waals surface area contributed by atoms with Crippen LogP contribution in [-0.2, 0) is 11.3 Å². The SMILES string of the molecule is O=C(Nc1ccc(N2CCN(C(=O)O)CC2)cc1)c1ccc(Cn2nnc3c(N4CCOCC4)nc(-c4cccc(O)c4)nc32)cc1. The van der Waals surface area contributed by atoms with Gasteiger partial charge in [-0.1, -0.05) is 29.5 Å². The Labute approximate surface area is 269 Å². The molecule has 0 aliphatic carbocycles. The highest BCUT2D eigenvalue weighted by Crippen LogP contribution is 2.28. The van der Waals surface area contributed by atoms with E-state index in [0.717, 1.165) is 11.3 Å². The summed E-state index contributed by atoms with van der Waals surface area (Å²) in [6, 6.07) is 21.7. The van der Waals surface area contributed by atoms with Gasteiger partial charge in [0.25, 0.3) is 5.91 Å². The van der Waals surface area contributed by atoms with Crippen molar-refractivity contribution in [1.82, 2.24) is 29.9 Å². The first kappa shape index (κ1) is 29.9. The molecule has 2 amide bonds. The summed E-state index contributed by atoms with van der Waals surface area (Å²) in [4.78, 5) is 39.5. The average Bonchev–Trinajstić information content (AvgIpc) is 3.51. The van der Waals surface area contributed by atoms with Gasteiger partial charge in [-0.25, -0.2) is 19.4 Å². The molecule has 0 radical (unpaired) electrons. The van der Waals surface area contributed by atoms with Gasteiger partial charge in [0.1, 0.15) is 5.75 Å². The number of aromatic hydroxyl groups is 1. The number of morpholine rings is 1. The molecular weight excluding hydrogens is 602 g/mol. The molecule has 0 atom stereocenters. The molecule has 0 bridgehead atoms. The van der Waals surface area contributed by atoms with Crippen LogP contribution in [0.4, 0.5) is 22.0 Å². The summed E-state index contributed by atoms with van der Waals surface area (Å²) < 4.78 is 7.25. The number of phenols is 1. The van der Waals surface area contributed by atoms with Gasteiger partial charge < -0.3 is 35.0 Å². The van der Waals surface area contributed by atoms with Crippen LogP contribution in [0.3, 0.4) is 0 Å². The highest BCUT2D eigenvalue weighted by molar-refractivity contribution is 6.04. The zero-order valence-electron chi connectivity index (χ0n) is 25.5. The zero-order valence-corrected chi connectivity index (χ0v) is 25.5. The summed E-state index contributed by atoms with van der Waals surface area (Å²) in [5.74, 6) is 1.02. The fourth-order valence-corrected chi connectivity index (χ4v) is 5.77. The quantitative estimate of drug-likeness (QED) is 0.240. The number of anilines is 3. The van der Waals surface area contributed by atoms with Crippen LogP contribution in [0.5, 0.6) is 5.75 Å². The largest absolute Gasteiger partial charge is 0.508 e. The first-order valence-corrected chi connectivity index (χ1v) is 15.4. The number of nitrogens with one attached hydrogen (secondary N) is 1. The number of rotatable bonds is 7. The molecule has 3 N–H and O–H groups in total. The van der Waals surface area contributed by atoms with E-state index in [1.54, 1.807) is 35.0 Å². The van der Waals surface area contributed by atoms with Gasteiger partial charge in [-0.2, -0.15) is 0 Å². The Bertz CT molecular complexity index is 1900. The lowest BCUT2D eigenvalue weighted by atomic mass is 10.1. The molecule has 47 heavy (non-hydrogen) atoms.